The van der Waals surface area contributed by atoms with Gasteiger partial charge in [-0.05, 0) is 35.4 Å². The smallest absolute Gasteiger partial charge is 0.332 e. The highest BCUT2D eigenvalue weighted by molar-refractivity contribution is 6.21. The number of methoxy groups -OCH3 is 2. The van der Waals surface area contributed by atoms with Gasteiger partial charge < -0.3 is 9.47 Å². The lowest BCUT2D eigenvalue weighted by molar-refractivity contribution is -0.163. The maximum absolute atomic E-state index is 13.9. The standard InChI is InChI=1S/C25H26N2O6/c1-26-22(29)25(23(30)27(2)24(26)31)20(15-5-9-18(32-3)10-6-15)13-17(28)14-21(25)16-7-11-19(33-4)12-8-16/h5-12,20-21H,13-14H2,1-4H3/t20-,21+. The molecule has 1 aliphatic heterocycles. The third kappa shape index (κ3) is 3.37. The molecule has 0 N–H and O–H groups in total. The average molecular weight is 450 g/mol. The summed E-state index contributed by atoms with van der Waals surface area (Å²) < 4.78 is 10.5. The molecule has 1 saturated heterocycles. The van der Waals surface area contributed by atoms with E-state index in [2.05, 4.69) is 0 Å². The number of rotatable bonds is 4. The quantitative estimate of drug-likeness (QED) is 0.665. The molecule has 0 bridgehead atoms. The second-order valence-corrected chi connectivity index (χ2v) is 8.48. The van der Waals surface area contributed by atoms with Crippen LogP contribution < -0.4 is 9.47 Å². The molecular formula is C25H26N2O6. The Morgan fingerprint density at radius 2 is 1.06 bits per heavy atom. The monoisotopic (exact) mass is 450 g/mol. The van der Waals surface area contributed by atoms with Crippen molar-refractivity contribution in [3.8, 4) is 11.5 Å². The lowest BCUT2D eigenvalue weighted by atomic mass is 9.54. The number of Topliss-reactive ketones (excluding diaryl/α,β-unsaturated/α-hetero) is 1. The summed E-state index contributed by atoms with van der Waals surface area (Å²) in [4.78, 5) is 55.3. The van der Waals surface area contributed by atoms with Crippen molar-refractivity contribution in [2.45, 2.75) is 24.7 Å². The molecule has 2 aliphatic rings. The van der Waals surface area contributed by atoms with Crippen molar-refractivity contribution in [3.05, 3.63) is 59.7 Å². The van der Waals surface area contributed by atoms with Crippen LogP contribution in [0, 0.1) is 5.41 Å². The normalized spacial score (nSPS) is 22.7. The molecule has 33 heavy (non-hydrogen) atoms. The van der Waals surface area contributed by atoms with E-state index in [1.807, 2.05) is 0 Å². The SMILES string of the molecule is COc1ccc([C@H]2CC(=O)C[C@@H](c3ccc(OC)cc3)C23C(=O)N(C)C(=O)N(C)C3=O)cc1. The fraction of sp³-hybridized carbons (Fsp3) is 0.360. The highest BCUT2D eigenvalue weighted by Crippen LogP contribution is 2.57. The number of ether oxygens (including phenoxy) is 2. The van der Waals surface area contributed by atoms with E-state index in [9.17, 15) is 19.2 Å². The predicted molar refractivity (Wildman–Crippen MR) is 119 cm³/mol. The Hall–Kier alpha value is -3.68. The first-order valence-electron chi connectivity index (χ1n) is 10.7. The molecule has 0 radical (unpaired) electrons. The summed E-state index contributed by atoms with van der Waals surface area (Å²) in [5.74, 6) is -1.48. The third-order valence-corrected chi connectivity index (χ3v) is 6.89. The van der Waals surface area contributed by atoms with E-state index in [4.69, 9.17) is 9.47 Å². The molecule has 2 fully saturated rings. The molecule has 2 aromatic carbocycles. The van der Waals surface area contributed by atoms with Crippen LogP contribution in [0.4, 0.5) is 4.79 Å². The number of amides is 4. The first kappa shape index (κ1) is 22.5. The van der Waals surface area contributed by atoms with Crippen LogP contribution in [0.25, 0.3) is 0 Å². The first-order valence-corrected chi connectivity index (χ1v) is 10.7. The summed E-state index contributed by atoms with van der Waals surface area (Å²) in [5.41, 5.74) is -0.311. The van der Waals surface area contributed by atoms with Crippen molar-refractivity contribution >= 4 is 23.6 Å². The molecule has 0 unspecified atom stereocenters. The van der Waals surface area contributed by atoms with Crippen LogP contribution in [-0.2, 0) is 14.4 Å². The van der Waals surface area contributed by atoms with Gasteiger partial charge in [-0.25, -0.2) is 4.79 Å². The van der Waals surface area contributed by atoms with Gasteiger partial charge in [0, 0.05) is 38.8 Å². The molecule has 1 heterocycles. The van der Waals surface area contributed by atoms with Gasteiger partial charge in [-0.1, -0.05) is 24.3 Å². The molecule has 172 valence electrons. The summed E-state index contributed by atoms with van der Waals surface area (Å²) in [6.07, 6.45) is 0.0403. The van der Waals surface area contributed by atoms with Crippen LogP contribution in [0.5, 0.6) is 11.5 Å². The number of imide groups is 2. The number of nitrogens with zero attached hydrogens (tertiary/aromatic N) is 2. The van der Waals surface area contributed by atoms with Gasteiger partial charge in [0.05, 0.1) is 14.2 Å². The Kier molecular flexibility index (Phi) is 5.69. The number of carbonyl (C=O) groups is 4. The fourth-order valence-corrected chi connectivity index (χ4v) is 5.18. The van der Waals surface area contributed by atoms with Crippen molar-refractivity contribution in [1.29, 1.82) is 0 Å². The number of ketones is 1. The Morgan fingerprint density at radius 3 is 1.39 bits per heavy atom. The molecule has 1 saturated carbocycles. The lowest BCUT2D eigenvalue weighted by Crippen LogP contribution is -2.68. The topological polar surface area (TPSA) is 93.2 Å². The number of barbiturate groups is 1. The molecule has 2 aromatic rings. The number of hydrogen-bond donors (Lipinski definition) is 0. The number of carbonyl (C=O) groups excluding carboxylic acids is 4. The van der Waals surface area contributed by atoms with E-state index >= 15 is 0 Å². The molecule has 8 heteroatoms. The highest BCUT2D eigenvalue weighted by Gasteiger charge is 2.66. The zero-order chi connectivity index (χ0) is 23.9. The van der Waals surface area contributed by atoms with Crippen molar-refractivity contribution in [2.75, 3.05) is 28.3 Å². The second kappa shape index (κ2) is 8.35. The van der Waals surface area contributed by atoms with Gasteiger partial charge in [0.25, 0.3) is 0 Å². The number of benzene rings is 2. The maximum atomic E-state index is 13.9. The fourth-order valence-electron chi connectivity index (χ4n) is 5.18. The third-order valence-electron chi connectivity index (χ3n) is 6.89. The summed E-state index contributed by atoms with van der Waals surface area (Å²) in [6.45, 7) is 0. The minimum atomic E-state index is -1.64. The molecule has 4 rings (SSSR count). The maximum Gasteiger partial charge on any atom is 0.332 e. The summed E-state index contributed by atoms with van der Waals surface area (Å²) in [5, 5.41) is 0. The van der Waals surface area contributed by atoms with Crippen LogP contribution in [0.3, 0.4) is 0 Å². The first-order chi connectivity index (χ1) is 15.7. The minimum Gasteiger partial charge on any atom is -0.497 e. The Balaban J connectivity index is 1.96. The molecular weight excluding hydrogens is 424 g/mol. The zero-order valence-corrected chi connectivity index (χ0v) is 19.0. The second-order valence-electron chi connectivity index (χ2n) is 8.48. The van der Waals surface area contributed by atoms with Crippen molar-refractivity contribution in [3.63, 3.8) is 0 Å². The van der Waals surface area contributed by atoms with Crippen LogP contribution in [0.15, 0.2) is 48.5 Å². The molecule has 1 spiro atoms. The van der Waals surface area contributed by atoms with Crippen LogP contribution in [0.2, 0.25) is 0 Å². The highest BCUT2D eigenvalue weighted by atomic mass is 16.5. The zero-order valence-electron chi connectivity index (χ0n) is 19.0. The van der Waals surface area contributed by atoms with E-state index in [-0.39, 0.29) is 18.6 Å². The van der Waals surface area contributed by atoms with E-state index in [1.54, 1.807) is 62.8 Å². The Morgan fingerprint density at radius 1 is 0.697 bits per heavy atom. The molecule has 8 nitrogen and oxygen atoms in total. The van der Waals surface area contributed by atoms with Crippen LogP contribution >= 0.6 is 0 Å². The van der Waals surface area contributed by atoms with Gasteiger partial charge >= 0.3 is 6.03 Å². The Bertz CT molecular complexity index is 1020. The summed E-state index contributed by atoms with van der Waals surface area (Å²) in [6, 6.07) is 13.3. The number of urea groups is 1. The van der Waals surface area contributed by atoms with Crippen molar-refractivity contribution in [2.24, 2.45) is 5.41 Å². The van der Waals surface area contributed by atoms with Gasteiger partial charge in [-0.2, -0.15) is 0 Å². The molecule has 1 aliphatic carbocycles. The van der Waals surface area contributed by atoms with E-state index in [0.29, 0.717) is 22.6 Å². The van der Waals surface area contributed by atoms with E-state index in [0.717, 1.165) is 9.80 Å². The van der Waals surface area contributed by atoms with Gasteiger partial charge in [-0.15, -0.1) is 0 Å². The summed E-state index contributed by atoms with van der Waals surface area (Å²) >= 11 is 0. The van der Waals surface area contributed by atoms with Crippen LogP contribution in [0.1, 0.15) is 35.8 Å². The summed E-state index contributed by atoms with van der Waals surface area (Å²) in [7, 11) is 5.85. The van der Waals surface area contributed by atoms with Gasteiger partial charge in [0.1, 0.15) is 22.7 Å². The van der Waals surface area contributed by atoms with Gasteiger partial charge in [-0.3, -0.25) is 24.2 Å². The molecule has 2 atom stereocenters. The largest absolute Gasteiger partial charge is 0.497 e. The number of hydrogen-bond acceptors (Lipinski definition) is 6. The van der Waals surface area contributed by atoms with Crippen LogP contribution in [-0.4, -0.2) is 61.7 Å². The van der Waals surface area contributed by atoms with Gasteiger partial charge in [0.2, 0.25) is 11.8 Å². The molecule has 0 aromatic heterocycles. The predicted octanol–water partition coefficient (Wildman–Crippen LogP) is 2.97. The van der Waals surface area contributed by atoms with E-state index in [1.165, 1.54) is 14.1 Å². The lowest BCUT2D eigenvalue weighted by Gasteiger charge is -2.51. The van der Waals surface area contributed by atoms with Crippen molar-refractivity contribution in [1.82, 2.24) is 9.80 Å². The minimum absolute atomic E-state index is 0.0202. The molecule has 4 amide bonds. The van der Waals surface area contributed by atoms with Gasteiger partial charge in [0.15, 0.2) is 0 Å². The van der Waals surface area contributed by atoms with E-state index < -0.39 is 35.1 Å². The van der Waals surface area contributed by atoms with Crippen molar-refractivity contribution < 1.29 is 28.7 Å². The Labute approximate surface area is 192 Å². The average Bonchev–Trinajstić information content (AvgIpc) is 2.85.